The molecule has 0 aliphatic carbocycles. The summed E-state index contributed by atoms with van der Waals surface area (Å²) in [6.45, 7) is 4.78. The van der Waals surface area contributed by atoms with Crippen molar-refractivity contribution in [2.45, 2.75) is 31.3 Å². The molecule has 5 heteroatoms. The van der Waals surface area contributed by atoms with Gasteiger partial charge in [0.05, 0.1) is 18.1 Å². The molecule has 0 bridgehead atoms. The molecule has 22 heavy (non-hydrogen) atoms. The standard InChI is InChI=1S/C17H22FNO3/c1-13-12-19(7-10-22-13)16(20)17(5-8-21-9-6-17)14-3-2-4-15(18)11-14/h2-4,11,13H,5-10,12H2,1H3/t13-/m0/s1. The molecular formula is C17H22FNO3. The first-order valence-corrected chi connectivity index (χ1v) is 7.86. The molecule has 2 heterocycles. The lowest BCUT2D eigenvalue weighted by molar-refractivity contribution is -0.148. The fraction of sp³-hybridized carbons (Fsp3) is 0.588. The zero-order valence-corrected chi connectivity index (χ0v) is 12.9. The molecule has 0 spiro atoms. The number of carbonyl (C=O) groups excluding carboxylic acids is 1. The molecule has 1 aromatic carbocycles. The third-order valence-electron chi connectivity index (χ3n) is 4.66. The molecule has 0 aromatic heterocycles. The number of carbonyl (C=O) groups is 1. The van der Waals surface area contributed by atoms with E-state index in [9.17, 15) is 9.18 Å². The van der Waals surface area contributed by atoms with Crippen LogP contribution in [0.5, 0.6) is 0 Å². The van der Waals surface area contributed by atoms with Crippen LogP contribution in [0.25, 0.3) is 0 Å². The highest BCUT2D eigenvalue weighted by atomic mass is 19.1. The average molecular weight is 307 g/mol. The summed E-state index contributed by atoms with van der Waals surface area (Å²) >= 11 is 0. The molecule has 2 saturated heterocycles. The van der Waals surface area contributed by atoms with Gasteiger partial charge in [-0.3, -0.25) is 4.79 Å². The van der Waals surface area contributed by atoms with E-state index in [4.69, 9.17) is 9.47 Å². The Morgan fingerprint density at radius 3 is 2.77 bits per heavy atom. The van der Waals surface area contributed by atoms with Crippen molar-refractivity contribution in [2.24, 2.45) is 0 Å². The zero-order chi connectivity index (χ0) is 15.6. The Morgan fingerprint density at radius 1 is 1.32 bits per heavy atom. The van der Waals surface area contributed by atoms with Crippen molar-refractivity contribution in [3.63, 3.8) is 0 Å². The second-order valence-corrected chi connectivity index (χ2v) is 6.14. The number of morpholine rings is 1. The van der Waals surface area contributed by atoms with Gasteiger partial charge in [-0.15, -0.1) is 0 Å². The van der Waals surface area contributed by atoms with Crippen LogP contribution in [0.15, 0.2) is 24.3 Å². The van der Waals surface area contributed by atoms with E-state index >= 15 is 0 Å². The van der Waals surface area contributed by atoms with Crippen LogP contribution in [0.1, 0.15) is 25.3 Å². The quantitative estimate of drug-likeness (QED) is 0.840. The predicted octanol–water partition coefficient (Wildman–Crippen LogP) is 2.12. The lowest BCUT2D eigenvalue weighted by Gasteiger charge is -2.42. The maximum absolute atomic E-state index is 13.7. The SMILES string of the molecule is C[C@H]1CN(C(=O)C2(c3cccc(F)c3)CCOCC2)CCO1. The molecular weight excluding hydrogens is 285 g/mol. The van der Waals surface area contributed by atoms with Crippen LogP contribution in [0.2, 0.25) is 0 Å². The predicted molar refractivity (Wildman–Crippen MR) is 80.1 cm³/mol. The Labute approximate surface area is 130 Å². The van der Waals surface area contributed by atoms with Crippen LogP contribution in [0.4, 0.5) is 4.39 Å². The molecule has 2 aliphatic heterocycles. The fourth-order valence-corrected chi connectivity index (χ4v) is 3.44. The number of hydrogen-bond donors (Lipinski definition) is 0. The number of benzene rings is 1. The van der Waals surface area contributed by atoms with E-state index in [1.165, 1.54) is 12.1 Å². The van der Waals surface area contributed by atoms with E-state index in [1.54, 1.807) is 6.07 Å². The van der Waals surface area contributed by atoms with Crippen LogP contribution < -0.4 is 0 Å². The normalized spacial score (nSPS) is 25.0. The highest BCUT2D eigenvalue weighted by Crippen LogP contribution is 2.37. The van der Waals surface area contributed by atoms with Crippen molar-refractivity contribution in [2.75, 3.05) is 32.9 Å². The third kappa shape index (κ3) is 2.88. The van der Waals surface area contributed by atoms with E-state index in [1.807, 2.05) is 17.9 Å². The average Bonchev–Trinajstić information content (AvgIpc) is 2.55. The van der Waals surface area contributed by atoms with Crippen molar-refractivity contribution < 1.29 is 18.7 Å². The van der Waals surface area contributed by atoms with Gasteiger partial charge >= 0.3 is 0 Å². The molecule has 1 atom stereocenters. The molecule has 4 nitrogen and oxygen atoms in total. The second kappa shape index (κ2) is 6.34. The van der Waals surface area contributed by atoms with Gasteiger partial charge < -0.3 is 14.4 Å². The van der Waals surface area contributed by atoms with Gasteiger partial charge in [0.2, 0.25) is 5.91 Å². The van der Waals surface area contributed by atoms with Crippen molar-refractivity contribution in [3.8, 4) is 0 Å². The molecule has 2 aliphatic rings. The van der Waals surface area contributed by atoms with Crippen LogP contribution in [0.3, 0.4) is 0 Å². The Morgan fingerprint density at radius 2 is 2.09 bits per heavy atom. The van der Waals surface area contributed by atoms with E-state index in [0.29, 0.717) is 45.8 Å². The van der Waals surface area contributed by atoms with E-state index in [2.05, 4.69) is 0 Å². The molecule has 0 saturated carbocycles. The fourth-order valence-electron chi connectivity index (χ4n) is 3.44. The van der Waals surface area contributed by atoms with Gasteiger partial charge in [0, 0.05) is 26.3 Å². The van der Waals surface area contributed by atoms with Crippen LogP contribution in [0, 0.1) is 5.82 Å². The topological polar surface area (TPSA) is 38.8 Å². The molecule has 1 amide bonds. The number of halogens is 1. The summed E-state index contributed by atoms with van der Waals surface area (Å²) in [5, 5.41) is 0. The summed E-state index contributed by atoms with van der Waals surface area (Å²) in [6.07, 6.45) is 1.24. The highest BCUT2D eigenvalue weighted by Gasteiger charge is 2.44. The first-order valence-electron chi connectivity index (χ1n) is 7.86. The highest BCUT2D eigenvalue weighted by molar-refractivity contribution is 5.88. The smallest absolute Gasteiger partial charge is 0.233 e. The van der Waals surface area contributed by atoms with Crippen molar-refractivity contribution in [1.82, 2.24) is 4.90 Å². The zero-order valence-electron chi connectivity index (χ0n) is 12.9. The molecule has 0 N–H and O–H groups in total. The largest absolute Gasteiger partial charge is 0.381 e. The molecule has 1 aromatic rings. The summed E-state index contributed by atoms with van der Waals surface area (Å²) in [7, 11) is 0. The maximum atomic E-state index is 13.7. The number of amides is 1. The minimum atomic E-state index is -0.669. The number of ether oxygens (including phenoxy) is 2. The van der Waals surface area contributed by atoms with E-state index in [0.717, 1.165) is 5.56 Å². The van der Waals surface area contributed by atoms with Gasteiger partial charge in [0.1, 0.15) is 5.82 Å². The molecule has 120 valence electrons. The van der Waals surface area contributed by atoms with Crippen LogP contribution >= 0.6 is 0 Å². The Bertz CT molecular complexity index is 542. The lowest BCUT2D eigenvalue weighted by atomic mass is 9.73. The van der Waals surface area contributed by atoms with Crippen LogP contribution in [-0.2, 0) is 19.7 Å². The second-order valence-electron chi connectivity index (χ2n) is 6.14. The number of nitrogens with zero attached hydrogens (tertiary/aromatic N) is 1. The monoisotopic (exact) mass is 307 g/mol. The maximum Gasteiger partial charge on any atom is 0.233 e. The molecule has 2 fully saturated rings. The Kier molecular flexibility index (Phi) is 4.45. The minimum Gasteiger partial charge on any atom is -0.381 e. The molecule has 3 rings (SSSR count). The van der Waals surface area contributed by atoms with Crippen molar-refractivity contribution in [3.05, 3.63) is 35.6 Å². The van der Waals surface area contributed by atoms with Crippen molar-refractivity contribution in [1.29, 1.82) is 0 Å². The minimum absolute atomic E-state index is 0.0436. The molecule has 0 radical (unpaired) electrons. The Balaban J connectivity index is 1.93. The summed E-state index contributed by atoms with van der Waals surface area (Å²) in [5.41, 5.74) is 0.0946. The van der Waals surface area contributed by atoms with Gasteiger partial charge in [-0.25, -0.2) is 4.39 Å². The van der Waals surface area contributed by atoms with Gasteiger partial charge in [0.15, 0.2) is 0 Å². The summed E-state index contributed by atoms with van der Waals surface area (Å²) < 4.78 is 24.7. The summed E-state index contributed by atoms with van der Waals surface area (Å²) in [6, 6.07) is 6.44. The molecule has 0 unspecified atom stereocenters. The Hall–Kier alpha value is -1.46. The van der Waals surface area contributed by atoms with Gasteiger partial charge in [-0.05, 0) is 37.5 Å². The number of hydrogen-bond acceptors (Lipinski definition) is 3. The third-order valence-corrected chi connectivity index (χ3v) is 4.66. The van der Waals surface area contributed by atoms with E-state index in [-0.39, 0.29) is 17.8 Å². The van der Waals surface area contributed by atoms with Gasteiger partial charge in [0.25, 0.3) is 0 Å². The van der Waals surface area contributed by atoms with Crippen LogP contribution in [-0.4, -0.2) is 49.8 Å². The lowest BCUT2D eigenvalue weighted by Crippen LogP contribution is -2.54. The van der Waals surface area contributed by atoms with Gasteiger partial charge in [-0.2, -0.15) is 0 Å². The first kappa shape index (κ1) is 15.4. The van der Waals surface area contributed by atoms with Crippen molar-refractivity contribution >= 4 is 5.91 Å². The number of rotatable bonds is 2. The van der Waals surface area contributed by atoms with Gasteiger partial charge in [-0.1, -0.05) is 12.1 Å². The van der Waals surface area contributed by atoms with E-state index < -0.39 is 5.41 Å². The summed E-state index contributed by atoms with van der Waals surface area (Å²) in [5.74, 6) is -0.219. The first-order chi connectivity index (χ1) is 10.6. The summed E-state index contributed by atoms with van der Waals surface area (Å²) in [4.78, 5) is 15.1.